The molecule has 21 heavy (non-hydrogen) atoms. The van der Waals surface area contributed by atoms with Crippen LogP contribution in [0.2, 0.25) is 0 Å². The Morgan fingerprint density at radius 2 is 1.86 bits per heavy atom. The fourth-order valence-electron chi connectivity index (χ4n) is 1.87. The van der Waals surface area contributed by atoms with Gasteiger partial charge in [-0.3, -0.25) is 4.99 Å². The predicted octanol–water partition coefficient (Wildman–Crippen LogP) is 2.06. The molecule has 6 heteroatoms. The van der Waals surface area contributed by atoms with Crippen LogP contribution in [0.4, 0.5) is 0 Å². The monoisotopic (exact) mass is 407 g/mol. The summed E-state index contributed by atoms with van der Waals surface area (Å²) in [4.78, 5) is 4.18. The van der Waals surface area contributed by atoms with Crippen LogP contribution in [0.5, 0.6) is 5.75 Å². The molecular formula is C15H26IN3O2. The van der Waals surface area contributed by atoms with E-state index >= 15 is 0 Å². The summed E-state index contributed by atoms with van der Waals surface area (Å²) in [6.07, 6.45) is 1.85. The first-order valence-electron chi connectivity index (χ1n) is 6.87. The molecule has 0 aliphatic carbocycles. The maximum Gasteiger partial charge on any atom is 0.190 e. The van der Waals surface area contributed by atoms with E-state index in [1.165, 1.54) is 5.56 Å². The zero-order chi connectivity index (χ0) is 14.6. The molecule has 0 fully saturated rings. The van der Waals surface area contributed by atoms with Crippen LogP contribution in [0.3, 0.4) is 0 Å². The highest BCUT2D eigenvalue weighted by molar-refractivity contribution is 14.0. The van der Waals surface area contributed by atoms with Gasteiger partial charge in [0.15, 0.2) is 5.96 Å². The summed E-state index contributed by atoms with van der Waals surface area (Å²) in [6, 6.07) is 8.06. The van der Waals surface area contributed by atoms with E-state index in [4.69, 9.17) is 9.47 Å². The van der Waals surface area contributed by atoms with Crippen molar-refractivity contribution in [2.75, 3.05) is 41.0 Å². The Hall–Kier alpha value is -1.02. The standard InChI is InChI=1S/C15H25N3O2.HI/c1-16-15(17-10-6-12-19-2)18-11-9-13-7-4-5-8-14(13)20-3;/h4-5,7-8H,6,9-12H2,1-3H3,(H2,16,17,18);1H. The third-order valence-electron chi connectivity index (χ3n) is 2.92. The lowest BCUT2D eigenvalue weighted by atomic mass is 10.1. The Labute approximate surface area is 144 Å². The number of ether oxygens (including phenoxy) is 2. The van der Waals surface area contributed by atoms with Gasteiger partial charge in [0.25, 0.3) is 0 Å². The van der Waals surface area contributed by atoms with Gasteiger partial charge >= 0.3 is 0 Å². The van der Waals surface area contributed by atoms with Crippen molar-refractivity contribution >= 4 is 29.9 Å². The topological polar surface area (TPSA) is 54.9 Å². The molecule has 0 aliphatic rings. The first kappa shape index (κ1) is 20.0. The highest BCUT2D eigenvalue weighted by atomic mass is 127. The minimum Gasteiger partial charge on any atom is -0.496 e. The Balaban J connectivity index is 0.00000400. The lowest BCUT2D eigenvalue weighted by molar-refractivity contribution is 0.195. The van der Waals surface area contributed by atoms with Crippen LogP contribution in [0.1, 0.15) is 12.0 Å². The molecule has 0 aliphatic heterocycles. The highest BCUT2D eigenvalue weighted by Crippen LogP contribution is 2.17. The zero-order valence-corrected chi connectivity index (χ0v) is 15.3. The lowest BCUT2D eigenvalue weighted by Crippen LogP contribution is -2.39. The number of methoxy groups -OCH3 is 2. The molecule has 1 rings (SSSR count). The van der Waals surface area contributed by atoms with Crippen molar-refractivity contribution in [3.05, 3.63) is 29.8 Å². The van der Waals surface area contributed by atoms with Gasteiger partial charge in [-0.15, -0.1) is 24.0 Å². The van der Waals surface area contributed by atoms with Crippen LogP contribution in [-0.4, -0.2) is 46.9 Å². The molecule has 1 aromatic carbocycles. The van der Waals surface area contributed by atoms with Gasteiger partial charge < -0.3 is 20.1 Å². The molecular weight excluding hydrogens is 381 g/mol. The molecule has 0 heterocycles. The first-order valence-corrected chi connectivity index (χ1v) is 6.87. The van der Waals surface area contributed by atoms with Gasteiger partial charge in [-0.1, -0.05) is 18.2 Å². The Kier molecular flexibility index (Phi) is 12.1. The van der Waals surface area contributed by atoms with E-state index in [2.05, 4.69) is 21.7 Å². The van der Waals surface area contributed by atoms with Gasteiger partial charge in [0, 0.05) is 33.9 Å². The molecule has 0 amide bonds. The van der Waals surface area contributed by atoms with Gasteiger partial charge in [0.05, 0.1) is 7.11 Å². The SMILES string of the molecule is CN=C(NCCCOC)NCCc1ccccc1OC.I. The van der Waals surface area contributed by atoms with Crippen LogP contribution in [-0.2, 0) is 11.2 Å². The number of hydrogen-bond acceptors (Lipinski definition) is 3. The summed E-state index contributed by atoms with van der Waals surface area (Å²) < 4.78 is 10.3. The molecule has 0 atom stereocenters. The number of hydrogen-bond donors (Lipinski definition) is 2. The number of halogens is 1. The maximum atomic E-state index is 5.33. The molecule has 0 bridgehead atoms. The smallest absolute Gasteiger partial charge is 0.190 e. The Bertz CT molecular complexity index is 414. The summed E-state index contributed by atoms with van der Waals surface area (Å²) in [7, 11) is 5.18. The second-order valence-corrected chi connectivity index (χ2v) is 4.33. The highest BCUT2D eigenvalue weighted by Gasteiger charge is 2.02. The molecule has 5 nitrogen and oxygen atoms in total. The number of guanidine groups is 1. The van der Waals surface area contributed by atoms with Crippen molar-refractivity contribution in [2.24, 2.45) is 4.99 Å². The largest absolute Gasteiger partial charge is 0.496 e. The number of nitrogens with zero attached hydrogens (tertiary/aromatic N) is 1. The van der Waals surface area contributed by atoms with Crippen LogP contribution < -0.4 is 15.4 Å². The van der Waals surface area contributed by atoms with E-state index < -0.39 is 0 Å². The van der Waals surface area contributed by atoms with Crippen molar-refractivity contribution in [2.45, 2.75) is 12.8 Å². The molecule has 0 spiro atoms. The summed E-state index contributed by atoms with van der Waals surface area (Å²) in [5, 5.41) is 6.54. The molecule has 0 saturated carbocycles. The second-order valence-electron chi connectivity index (χ2n) is 4.33. The quantitative estimate of drug-likeness (QED) is 0.300. The predicted molar refractivity (Wildman–Crippen MR) is 98.0 cm³/mol. The number of benzene rings is 1. The van der Waals surface area contributed by atoms with Crippen molar-refractivity contribution in [1.29, 1.82) is 0 Å². The maximum absolute atomic E-state index is 5.33. The molecule has 0 unspecified atom stereocenters. The van der Waals surface area contributed by atoms with Gasteiger partial charge in [0.1, 0.15) is 5.75 Å². The van der Waals surface area contributed by atoms with Crippen LogP contribution in [0.25, 0.3) is 0 Å². The van der Waals surface area contributed by atoms with Crippen molar-refractivity contribution in [3.63, 3.8) is 0 Å². The number of para-hydroxylation sites is 1. The molecule has 0 radical (unpaired) electrons. The minimum absolute atomic E-state index is 0. The summed E-state index contributed by atoms with van der Waals surface area (Å²) in [5.74, 6) is 1.74. The molecule has 120 valence electrons. The number of aliphatic imine (C=N–C) groups is 1. The average molecular weight is 407 g/mol. The molecule has 2 N–H and O–H groups in total. The Morgan fingerprint density at radius 3 is 2.52 bits per heavy atom. The van der Waals surface area contributed by atoms with E-state index in [1.807, 2.05) is 18.2 Å². The van der Waals surface area contributed by atoms with E-state index in [9.17, 15) is 0 Å². The van der Waals surface area contributed by atoms with Crippen LogP contribution in [0.15, 0.2) is 29.3 Å². The third kappa shape index (κ3) is 8.11. The fourth-order valence-corrected chi connectivity index (χ4v) is 1.87. The van der Waals surface area contributed by atoms with E-state index in [0.29, 0.717) is 0 Å². The second kappa shape index (κ2) is 12.7. The summed E-state index contributed by atoms with van der Waals surface area (Å²) in [5.41, 5.74) is 1.19. The number of nitrogens with one attached hydrogen (secondary N) is 2. The van der Waals surface area contributed by atoms with Gasteiger partial charge in [-0.25, -0.2) is 0 Å². The van der Waals surface area contributed by atoms with E-state index in [1.54, 1.807) is 21.3 Å². The summed E-state index contributed by atoms with van der Waals surface area (Å²) in [6.45, 7) is 2.41. The molecule has 0 aromatic heterocycles. The van der Waals surface area contributed by atoms with Crippen molar-refractivity contribution in [1.82, 2.24) is 10.6 Å². The van der Waals surface area contributed by atoms with E-state index in [0.717, 1.165) is 44.2 Å². The normalized spacial score (nSPS) is 10.7. The summed E-state index contributed by atoms with van der Waals surface area (Å²) >= 11 is 0. The Morgan fingerprint density at radius 1 is 1.14 bits per heavy atom. The van der Waals surface area contributed by atoms with Gasteiger partial charge in [-0.2, -0.15) is 0 Å². The lowest BCUT2D eigenvalue weighted by Gasteiger charge is -2.12. The molecule has 0 saturated heterocycles. The zero-order valence-electron chi connectivity index (χ0n) is 13.0. The third-order valence-corrected chi connectivity index (χ3v) is 2.92. The first-order chi connectivity index (χ1) is 9.81. The van der Waals surface area contributed by atoms with Crippen molar-refractivity contribution < 1.29 is 9.47 Å². The average Bonchev–Trinajstić information content (AvgIpc) is 2.50. The molecule has 1 aromatic rings. The van der Waals surface area contributed by atoms with Crippen LogP contribution >= 0.6 is 24.0 Å². The van der Waals surface area contributed by atoms with Gasteiger partial charge in [0.2, 0.25) is 0 Å². The van der Waals surface area contributed by atoms with Crippen LogP contribution in [0, 0.1) is 0 Å². The van der Waals surface area contributed by atoms with E-state index in [-0.39, 0.29) is 24.0 Å². The van der Waals surface area contributed by atoms with Gasteiger partial charge in [-0.05, 0) is 24.5 Å². The fraction of sp³-hybridized carbons (Fsp3) is 0.533. The minimum atomic E-state index is 0. The van der Waals surface area contributed by atoms with Crippen molar-refractivity contribution in [3.8, 4) is 5.75 Å². The number of rotatable bonds is 8.